The fraction of sp³-hybridized carbons (Fsp3) is 0.692. The number of aliphatic hydroxyl groups is 1. The smallest absolute Gasteiger partial charge is 1.00 e. The van der Waals surface area contributed by atoms with Gasteiger partial charge < -0.3 is 24.8 Å². The van der Waals surface area contributed by atoms with Crippen LogP contribution in [-0.2, 0) is 20.4 Å². The second-order valence-corrected chi connectivity index (χ2v) is 11.5. The number of allylic oxidation sites excluding steroid dienone is 3. The number of hydrogen-bond acceptors (Lipinski definition) is 2. The van der Waals surface area contributed by atoms with E-state index in [1.807, 2.05) is 0 Å². The van der Waals surface area contributed by atoms with Crippen LogP contribution in [0.1, 0.15) is 33.6 Å². The van der Waals surface area contributed by atoms with Gasteiger partial charge in [0.25, 0.3) is 0 Å². The van der Waals surface area contributed by atoms with Crippen LogP contribution in [0.2, 0.25) is 12.6 Å². The van der Waals surface area contributed by atoms with Crippen LogP contribution in [-0.4, -0.2) is 25.3 Å². The summed E-state index contributed by atoms with van der Waals surface area (Å²) in [5.74, 6) is 0. The molecule has 0 saturated carbocycles. The van der Waals surface area contributed by atoms with E-state index in [4.69, 9.17) is 5.11 Å². The molecule has 1 aliphatic heterocycles. The van der Waals surface area contributed by atoms with Crippen LogP contribution in [0.5, 0.6) is 0 Å². The topological polar surface area (TPSA) is 32.3 Å². The van der Waals surface area contributed by atoms with E-state index in [0.29, 0.717) is 6.61 Å². The van der Waals surface area contributed by atoms with Crippen molar-refractivity contribution in [2.75, 3.05) is 6.61 Å². The molecule has 1 heterocycles. The molecule has 0 amide bonds. The van der Waals surface area contributed by atoms with Crippen molar-refractivity contribution < 1.29 is 50.4 Å². The molecule has 1 saturated heterocycles. The number of fused-ring (bicyclic) bond motifs is 1. The molecule has 2 N–H and O–H groups in total. The van der Waals surface area contributed by atoms with Crippen LogP contribution >= 0.6 is 0 Å². The number of rotatable bonds is 4. The Morgan fingerprint density at radius 1 is 1.26 bits per heavy atom. The van der Waals surface area contributed by atoms with Gasteiger partial charge in [-0.1, -0.05) is 0 Å². The van der Waals surface area contributed by atoms with Gasteiger partial charge in [-0.15, -0.1) is 0 Å². The first-order chi connectivity index (χ1) is 7.79. The predicted octanol–water partition coefficient (Wildman–Crippen LogP) is -3.61. The standard InChI is InChI=1S/C13H22NOSi.2ClH.Ti/c1-13(2,3)14-10-6-7-11-12(10)16(11,4)9-5-8-15;;;/h14-15H,5-6,8-9H2,1-4H3;2*1H;/q;;;+2/p-2. The average Bonchev–Trinajstić information content (AvgIpc) is 2.64. The Kier molecular flexibility index (Phi) is 6.94. The van der Waals surface area contributed by atoms with Crippen molar-refractivity contribution in [2.45, 2.75) is 51.7 Å². The predicted molar refractivity (Wildman–Crippen MR) is 69.7 cm³/mol. The van der Waals surface area contributed by atoms with Crippen LogP contribution in [0.3, 0.4) is 0 Å². The molecule has 0 aromatic heterocycles. The molecule has 2 aliphatic rings. The van der Waals surface area contributed by atoms with Crippen molar-refractivity contribution in [1.82, 2.24) is 5.32 Å². The van der Waals surface area contributed by atoms with Crippen molar-refractivity contribution in [1.29, 1.82) is 0 Å². The molecule has 0 aromatic rings. The van der Waals surface area contributed by atoms with E-state index >= 15 is 0 Å². The molecule has 0 radical (unpaired) electrons. The minimum Gasteiger partial charge on any atom is -1.00 e. The van der Waals surface area contributed by atoms with Crippen LogP contribution in [0.4, 0.5) is 0 Å². The van der Waals surface area contributed by atoms with E-state index in [-0.39, 0.29) is 30.4 Å². The van der Waals surface area contributed by atoms with E-state index in [2.05, 4.69) is 53.1 Å². The van der Waals surface area contributed by atoms with Gasteiger partial charge in [0.05, 0.1) is 0 Å². The van der Waals surface area contributed by atoms with Crippen molar-refractivity contribution in [3.8, 4) is 0 Å². The largest absolute Gasteiger partial charge is 1.00 e. The fourth-order valence-electron chi connectivity index (χ4n) is 2.98. The number of hydrogen-bond donors (Lipinski definition) is 2. The Labute approximate surface area is 141 Å². The zero-order valence-electron chi connectivity index (χ0n) is 12.0. The Morgan fingerprint density at radius 3 is 2.32 bits per heavy atom. The number of aliphatic hydroxyl groups excluding tert-OH is 1. The van der Waals surface area contributed by atoms with Gasteiger partial charge in [0.2, 0.25) is 0 Å². The molecule has 107 valence electrons. The SMILES string of the molecule is CC(C)(C)NC1=C2C(=[C]([Ti+2])C1)[Si]2(C)CCCO.[Cl-].[Cl-]. The van der Waals surface area contributed by atoms with Gasteiger partial charge in [-0.3, -0.25) is 0 Å². The molecule has 1 aliphatic carbocycles. The van der Waals surface area contributed by atoms with Crippen LogP contribution in [0.15, 0.2) is 20.0 Å². The first-order valence-electron chi connectivity index (χ1n) is 6.38. The Balaban J connectivity index is 0.00000162. The molecule has 0 aromatic carbocycles. The normalized spacial score (nSPS) is 24.8. The third kappa shape index (κ3) is 3.90. The second-order valence-electron chi connectivity index (χ2n) is 6.42. The van der Waals surface area contributed by atoms with Gasteiger partial charge in [-0.05, 0) is 0 Å². The van der Waals surface area contributed by atoms with Gasteiger partial charge in [0.15, 0.2) is 0 Å². The average molecular weight is 355 g/mol. The van der Waals surface area contributed by atoms with Crippen molar-refractivity contribution in [3.63, 3.8) is 0 Å². The first kappa shape index (κ1) is 19.8. The molecule has 1 unspecified atom stereocenters. The van der Waals surface area contributed by atoms with Gasteiger partial charge in [0.1, 0.15) is 0 Å². The summed E-state index contributed by atoms with van der Waals surface area (Å²) in [6.07, 6.45) is 2.09. The summed E-state index contributed by atoms with van der Waals surface area (Å²) in [6, 6.07) is 1.22. The minimum atomic E-state index is -1.26. The van der Waals surface area contributed by atoms with Crippen molar-refractivity contribution in [2.24, 2.45) is 0 Å². The molecule has 19 heavy (non-hydrogen) atoms. The maximum atomic E-state index is 9.01. The zero-order valence-corrected chi connectivity index (χ0v) is 16.1. The van der Waals surface area contributed by atoms with Gasteiger partial charge in [-0.2, -0.15) is 0 Å². The number of nitrogens with one attached hydrogen (secondary N) is 1. The Hall–Kier alpha value is 0.751. The molecular weight excluding hydrogens is 333 g/mol. The van der Waals surface area contributed by atoms with E-state index in [0.717, 1.165) is 12.8 Å². The molecule has 1 fully saturated rings. The van der Waals surface area contributed by atoms with E-state index in [1.165, 1.54) is 11.7 Å². The van der Waals surface area contributed by atoms with Crippen molar-refractivity contribution in [3.05, 3.63) is 20.0 Å². The molecule has 2 nitrogen and oxygen atoms in total. The van der Waals surface area contributed by atoms with Crippen LogP contribution in [0, 0.1) is 0 Å². The molecule has 6 heteroatoms. The summed E-state index contributed by atoms with van der Waals surface area (Å²) in [7, 11) is -1.26. The monoisotopic (exact) mass is 354 g/mol. The van der Waals surface area contributed by atoms with Gasteiger partial charge in [0, 0.05) is 0 Å². The molecule has 2 rings (SSSR count). The minimum absolute atomic E-state index is 0. The summed E-state index contributed by atoms with van der Waals surface area (Å²) in [6.45, 7) is 9.47. The summed E-state index contributed by atoms with van der Waals surface area (Å²) >= 11 is 2.28. The molecule has 0 spiro atoms. The van der Waals surface area contributed by atoms with Crippen LogP contribution in [0.25, 0.3) is 0 Å². The van der Waals surface area contributed by atoms with E-state index < -0.39 is 8.07 Å². The maximum absolute atomic E-state index is 9.01. The zero-order chi connectivity index (χ0) is 12.8. The third-order valence-corrected chi connectivity index (χ3v) is 9.08. The molecule has 0 bridgehead atoms. The van der Waals surface area contributed by atoms with Gasteiger partial charge in [-0.25, -0.2) is 0 Å². The molecule has 1 atom stereocenters. The summed E-state index contributed by atoms with van der Waals surface area (Å²) in [5.41, 5.74) is 1.64. The van der Waals surface area contributed by atoms with Crippen LogP contribution < -0.4 is 30.1 Å². The maximum Gasteiger partial charge on any atom is -1.00 e. The second kappa shape index (κ2) is 6.68. The number of halogens is 2. The third-order valence-electron chi connectivity index (χ3n) is 3.61. The summed E-state index contributed by atoms with van der Waals surface area (Å²) in [4.78, 5) is 0. The first-order valence-corrected chi connectivity index (χ1v) is 9.86. The molecular formula is C13H22Cl2NOSiTi. The summed E-state index contributed by atoms with van der Waals surface area (Å²) < 4.78 is 1.58. The van der Waals surface area contributed by atoms with Gasteiger partial charge >= 0.3 is 117 Å². The Morgan fingerprint density at radius 2 is 1.84 bits per heavy atom. The quantitative estimate of drug-likeness (QED) is 0.511. The fourth-order valence-corrected chi connectivity index (χ4v) is 9.64. The van der Waals surface area contributed by atoms with Crippen molar-refractivity contribution >= 4 is 8.07 Å². The van der Waals surface area contributed by atoms with E-state index in [9.17, 15) is 0 Å². The summed E-state index contributed by atoms with van der Waals surface area (Å²) in [5, 5.41) is 16.1. The Bertz CT molecular complexity index is 417. The van der Waals surface area contributed by atoms with E-state index in [1.54, 1.807) is 14.3 Å².